The van der Waals surface area contributed by atoms with E-state index in [2.05, 4.69) is 54.6 Å². The topological polar surface area (TPSA) is 17.1 Å². The van der Waals surface area contributed by atoms with E-state index in [1.807, 2.05) is 18.2 Å². The molecule has 0 saturated carbocycles. The van der Waals surface area contributed by atoms with E-state index in [1.165, 1.54) is 37.6 Å². The fourth-order valence-electron chi connectivity index (χ4n) is 4.41. The Hall–Kier alpha value is -2.93. The van der Waals surface area contributed by atoms with E-state index in [0.717, 1.165) is 24.8 Å². The Morgan fingerprint density at radius 3 is 2.35 bits per heavy atom. The lowest BCUT2D eigenvalue weighted by Gasteiger charge is -2.20. The van der Waals surface area contributed by atoms with Gasteiger partial charge in [-0.3, -0.25) is 4.79 Å². The van der Waals surface area contributed by atoms with Crippen molar-refractivity contribution in [3.63, 3.8) is 0 Å². The molecule has 0 saturated heterocycles. The molecule has 0 aliphatic heterocycles. The molecular formula is C25H20O. The van der Waals surface area contributed by atoms with Gasteiger partial charge in [-0.25, -0.2) is 0 Å². The molecule has 0 N–H and O–H groups in total. The number of ketones is 1. The molecule has 0 atom stereocenters. The van der Waals surface area contributed by atoms with Gasteiger partial charge in [-0.15, -0.1) is 0 Å². The molecule has 2 aliphatic carbocycles. The molecule has 0 radical (unpaired) electrons. The van der Waals surface area contributed by atoms with Gasteiger partial charge in [-0.1, -0.05) is 72.8 Å². The van der Waals surface area contributed by atoms with Gasteiger partial charge in [0.2, 0.25) is 0 Å². The number of rotatable bonds is 2. The van der Waals surface area contributed by atoms with Crippen molar-refractivity contribution in [3.8, 4) is 0 Å². The number of carbonyl (C=O) groups is 1. The lowest BCUT2D eigenvalue weighted by Crippen LogP contribution is -2.28. The van der Waals surface area contributed by atoms with Crippen LogP contribution < -0.4 is 10.4 Å². The van der Waals surface area contributed by atoms with Gasteiger partial charge in [0.1, 0.15) is 0 Å². The van der Waals surface area contributed by atoms with Crippen molar-refractivity contribution in [1.82, 2.24) is 0 Å². The summed E-state index contributed by atoms with van der Waals surface area (Å²) in [6, 6.07) is 23.3. The SMILES string of the molecule is O=C1CCc2c3c(ccc2=C1Cc1ccccc1)=c1ccccc1=CC3. The van der Waals surface area contributed by atoms with Gasteiger partial charge in [0, 0.05) is 18.4 Å². The standard InChI is InChI=1S/C25H20O/c26-25-15-14-22-21-11-10-18-8-4-5-9-19(18)20(21)12-13-23(22)24(25)16-17-6-2-1-3-7-17/h1-10,12-13H,11,14-16H2. The van der Waals surface area contributed by atoms with Gasteiger partial charge in [0.15, 0.2) is 5.78 Å². The summed E-state index contributed by atoms with van der Waals surface area (Å²) in [5, 5.41) is 5.16. The maximum absolute atomic E-state index is 12.7. The van der Waals surface area contributed by atoms with Gasteiger partial charge >= 0.3 is 0 Å². The van der Waals surface area contributed by atoms with Crippen LogP contribution in [0.25, 0.3) is 11.6 Å². The van der Waals surface area contributed by atoms with Crippen LogP contribution in [-0.2, 0) is 24.1 Å². The minimum Gasteiger partial charge on any atom is -0.295 e. The van der Waals surface area contributed by atoms with E-state index in [0.29, 0.717) is 12.2 Å². The molecule has 1 heteroatoms. The average molecular weight is 336 g/mol. The summed E-state index contributed by atoms with van der Waals surface area (Å²) < 4.78 is 0. The Bertz CT molecular complexity index is 1230. The normalized spacial score (nSPS) is 14.9. The van der Waals surface area contributed by atoms with Crippen LogP contribution in [0.5, 0.6) is 0 Å². The highest BCUT2D eigenvalue weighted by Crippen LogP contribution is 2.21. The van der Waals surface area contributed by atoms with Crippen LogP contribution >= 0.6 is 0 Å². The van der Waals surface area contributed by atoms with Crippen LogP contribution in [0.1, 0.15) is 23.1 Å². The van der Waals surface area contributed by atoms with E-state index in [9.17, 15) is 4.79 Å². The van der Waals surface area contributed by atoms with E-state index < -0.39 is 0 Å². The highest BCUT2D eigenvalue weighted by atomic mass is 16.1. The van der Waals surface area contributed by atoms with E-state index in [1.54, 1.807) is 0 Å². The molecule has 0 unspecified atom stereocenters. The number of benzene rings is 3. The van der Waals surface area contributed by atoms with Gasteiger partial charge in [0.05, 0.1) is 0 Å². The zero-order valence-electron chi connectivity index (χ0n) is 14.7. The fraction of sp³-hybridized carbons (Fsp3) is 0.160. The Morgan fingerprint density at radius 2 is 1.46 bits per heavy atom. The first-order valence-corrected chi connectivity index (χ1v) is 9.32. The first-order valence-electron chi connectivity index (χ1n) is 9.32. The Morgan fingerprint density at radius 1 is 0.692 bits per heavy atom. The summed E-state index contributed by atoms with van der Waals surface area (Å²) in [7, 11) is 0. The largest absolute Gasteiger partial charge is 0.295 e. The molecule has 0 aromatic heterocycles. The van der Waals surface area contributed by atoms with Gasteiger partial charge < -0.3 is 0 Å². The molecular weight excluding hydrogens is 316 g/mol. The van der Waals surface area contributed by atoms with Crippen LogP contribution in [0, 0.1) is 10.4 Å². The molecule has 3 aromatic carbocycles. The molecule has 26 heavy (non-hydrogen) atoms. The molecule has 5 rings (SSSR count). The monoisotopic (exact) mass is 336 g/mol. The van der Waals surface area contributed by atoms with E-state index in [4.69, 9.17) is 0 Å². The molecule has 0 heterocycles. The van der Waals surface area contributed by atoms with Crippen molar-refractivity contribution in [3.05, 3.63) is 104 Å². The Kier molecular flexibility index (Phi) is 3.60. The third-order valence-corrected chi connectivity index (χ3v) is 5.70. The van der Waals surface area contributed by atoms with Crippen molar-refractivity contribution < 1.29 is 4.79 Å². The summed E-state index contributed by atoms with van der Waals surface area (Å²) in [6.07, 6.45) is 5.51. The molecule has 0 amide bonds. The molecule has 0 fully saturated rings. The second-order valence-corrected chi connectivity index (χ2v) is 7.18. The molecule has 3 aromatic rings. The second-order valence-electron chi connectivity index (χ2n) is 7.18. The zero-order chi connectivity index (χ0) is 17.5. The Balaban J connectivity index is 1.80. The molecule has 0 bridgehead atoms. The zero-order valence-corrected chi connectivity index (χ0v) is 14.7. The smallest absolute Gasteiger partial charge is 0.160 e. The summed E-state index contributed by atoms with van der Waals surface area (Å²) >= 11 is 0. The molecule has 1 nitrogen and oxygen atoms in total. The number of hydrogen-bond donors (Lipinski definition) is 0. The van der Waals surface area contributed by atoms with E-state index >= 15 is 0 Å². The number of Topliss-reactive ketones (excluding diaryl/α,β-unsaturated/α-hetero) is 1. The lowest BCUT2D eigenvalue weighted by molar-refractivity contribution is -0.114. The summed E-state index contributed by atoms with van der Waals surface area (Å²) in [6.45, 7) is 0. The third-order valence-electron chi connectivity index (χ3n) is 5.70. The van der Waals surface area contributed by atoms with Crippen LogP contribution in [0.3, 0.4) is 0 Å². The summed E-state index contributed by atoms with van der Waals surface area (Å²) in [5.41, 5.74) is 5.00. The van der Waals surface area contributed by atoms with Crippen molar-refractivity contribution in [2.75, 3.05) is 0 Å². The van der Waals surface area contributed by atoms with Crippen LogP contribution in [-0.4, -0.2) is 5.78 Å². The Labute approximate surface area is 152 Å². The highest BCUT2D eigenvalue weighted by Gasteiger charge is 2.21. The predicted molar refractivity (Wildman–Crippen MR) is 105 cm³/mol. The maximum atomic E-state index is 12.7. The first kappa shape index (κ1) is 15.3. The van der Waals surface area contributed by atoms with Crippen LogP contribution in [0.15, 0.2) is 66.7 Å². The van der Waals surface area contributed by atoms with Gasteiger partial charge in [-0.05, 0) is 50.4 Å². The molecule has 2 aliphatic rings. The molecule has 126 valence electrons. The van der Waals surface area contributed by atoms with Gasteiger partial charge in [-0.2, -0.15) is 0 Å². The average Bonchev–Trinajstić information content (AvgIpc) is 2.70. The number of carbonyl (C=O) groups excluding carboxylic acids is 1. The maximum Gasteiger partial charge on any atom is 0.160 e. The van der Waals surface area contributed by atoms with Crippen LogP contribution in [0.4, 0.5) is 0 Å². The summed E-state index contributed by atoms with van der Waals surface area (Å²) in [5.74, 6) is 0.307. The quantitative estimate of drug-likeness (QED) is 0.702. The van der Waals surface area contributed by atoms with Crippen molar-refractivity contribution >= 4 is 17.4 Å². The third kappa shape index (κ3) is 2.43. The number of fused-ring (bicyclic) bond motifs is 4. The minimum absolute atomic E-state index is 0.307. The highest BCUT2D eigenvalue weighted by molar-refractivity contribution is 6.16. The van der Waals surface area contributed by atoms with Gasteiger partial charge in [0.25, 0.3) is 0 Å². The molecule has 0 spiro atoms. The fourth-order valence-corrected chi connectivity index (χ4v) is 4.41. The number of hydrogen-bond acceptors (Lipinski definition) is 1. The predicted octanol–water partition coefficient (Wildman–Crippen LogP) is 3.22. The van der Waals surface area contributed by atoms with Crippen molar-refractivity contribution in [2.45, 2.75) is 25.7 Å². The minimum atomic E-state index is 0.307. The van der Waals surface area contributed by atoms with Crippen LogP contribution in [0.2, 0.25) is 0 Å². The second kappa shape index (κ2) is 6.10. The lowest BCUT2D eigenvalue weighted by atomic mass is 9.83. The first-order chi connectivity index (χ1) is 12.8. The van der Waals surface area contributed by atoms with Crippen molar-refractivity contribution in [2.24, 2.45) is 0 Å². The van der Waals surface area contributed by atoms with E-state index in [-0.39, 0.29) is 0 Å². The van der Waals surface area contributed by atoms with Crippen molar-refractivity contribution in [1.29, 1.82) is 0 Å². The summed E-state index contributed by atoms with van der Waals surface area (Å²) in [4.78, 5) is 12.7.